The zero-order valence-electron chi connectivity index (χ0n) is 16.2. The minimum Gasteiger partial charge on any atom is -0.413 e. The van der Waals surface area contributed by atoms with E-state index in [0.29, 0.717) is 12.2 Å². The van der Waals surface area contributed by atoms with Crippen LogP contribution in [0, 0.1) is 5.41 Å². The molecule has 0 amide bonds. The van der Waals surface area contributed by atoms with Crippen LogP contribution in [0.1, 0.15) is 59.8 Å². The zero-order chi connectivity index (χ0) is 17.4. The summed E-state index contributed by atoms with van der Waals surface area (Å²) in [5, 5.41) is 0.241. The van der Waals surface area contributed by atoms with Crippen molar-refractivity contribution < 1.29 is 18.6 Å². The van der Waals surface area contributed by atoms with Gasteiger partial charge in [-0.2, -0.15) is 0 Å². The summed E-state index contributed by atoms with van der Waals surface area (Å²) in [6, 6.07) is 0. The van der Waals surface area contributed by atoms with Gasteiger partial charge in [0.1, 0.15) is 5.60 Å². The van der Waals surface area contributed by atoms with E-state index in [9.17, 15) is 0 Å². The third kappa shape index (κ3) is 2.31. The van der Waals surface area contributed by atoms with Crippen molar-refractivity contribution in [2.75, 3.05) is 13.2 Å². The van der Waals surface area contributed by atoms with Crippen molar-refractivity contribution >= 4 is 8.32 Å². The van der Waals surface area contributed by atoms with Crippen molar-refractivity contribution in [1.82, 2.24) is 0 Å². The van der Waals surface area contributed by atoms with E-state index in [4.69, 9.17) is 18.6 Å². The highest BCUT2D eigenvalue weighted by Gasteiger charge is 2.76. The van der Waals surface area contributed by atoms with Gasteiger partial charge in [0.25, 0.3) is 0 Å². The zero-order valence-corrected chi connectivity index (χ0v) is 17.2. The van der Waals surface area contributed by atoms with Crippen LogP contribution in [0.25, 0.3) is 0 Å². The topological polar surface area (TPSA) is 40.2 Å². The molecule has 2 saturated carbocycles. The van der Waals surface area contributed by atoms with Gasteiger partial charge in [-0.1, -0.05) is 27.7 Å². The summed E-state index contributed by atoms with van der Waals surface area (Å²) in [5.41, 5.74) is 0.00681. The number of rotatable bonds is 2. The molecule has 0 radical (unpaired) electrons. The Balaban J connectivity index is 1.59. The van der Waals surface area contributed by atoms with Crippen LogP contribution in [0.2, 0.25) is 18.1 Å². The fourth-order valence-electron chi connectivity index (χ4n) is 5.04. The van der Waals surface area contributed by atoms with Crippen LogP contribution in [-0.4, -0.2) is 45.1 Å². The first-order valence-corrected chi connectivity index (χ1v) is 12.6. The van der Waals surface area contributed by atoms with Gasteiger partial charge in [0.05, 0.1) is 25.4 Å². The van der Waals surface area contributed by atoms with Gasteiger partial charge in [-0.15, -0.1) is 0 Å². The second kappa shape index (κ2) is 5.07. The van der Waals surface area contributed by atoms with E-state index < -0.39 is 8.32 Å². The highest BCUT2D eigenvalue weighted by Crippen LogP contribution is 2.68. The first-order chi connectivity index (χ1) is 11.0. The highest BCUT2D eigenvalue weighted by molar-refractivity contribution is 6.74. The monoisotopic (exact) mass is 354 g/mol. The van der Waals surface area contributed by atoms with Gasteiger partial charge in [-0.05, 0) is 37.4 Å². The molecule has 0 aromatic carbocycles. The standard InChI is InChI=1S/C19H34O4Si/c1-16(2,3)24(5,6)23-14-7-8-15-19(22-15)13-18(20-11-12-21-18)10-9-17(14,19)4/h14-15H,7-13H2,1-6H3/t14-,15-,17+,19-/m0/s1. The summed E-state index contributed by atoms with van der Waals surface area (Å²) in [6.07, 6.45) is 5.86. The second-order valence-corrected chi connectivity index (χ2v) is 14.9. The summed E-state index contributed by atoms with van der Waals surface area (Å²) in [5.74, 6) is -0.382. The Bertz CT molecular complexity index is 522. The van der Waals surface area contributed by atoms with Crippen LogP contribution in [-0.2, 0) is 18.6 Å². The predicted molar refractivity (Wildman–Crippen MR) is 95.5 cm³/mol. The normalized spacial score (nSPS) is 44.2. The molecule has 0 bridgehead atoms. The third-order valence-electron chi connectivity index (χ3n) is 7.80. The molecule has 2 spiro atoms. The summed E-state index contributed by atoms with van der Waals surface area (Å²) < 4.78 is 25.3. The van der Waals surface area contributed by atoms with Crippen LogP contribution in [0.4, 0.5) is 0 Å². The summed E-state index contributed by atoms with van der Waals surface area (Å²) in [4.78, 5) is 0. The maximum Gasteiger partial charge on any atom is 0.192 e. The van der Waals surface area contributed by atoms with Crippen molar-refractivity contribution in [2.24, 2.45) is 5.41 Å². The van der Waals surface area contributed by atoms with Crippen molar-refractivity contribution in [3.63, 3.8) is 0 Å². The van der Waals surface area contributed by atoms with Gasteiger partial charge < -0.3 is 18.6 Å². The SMILES string of the molecule is CC(C)(C)[Si](C)(C)O[C@H]1CC[C@@H]2O[C@@]23CC2(CC[C@]13C)OCCO2. The first-order valence-electron chi connectivity index (χ1n) is 9.67. The maximum absolute atomic E-state index is 6.94. The molecule has 2 aliphatic heterocycles. The molecule has 4 atom stereocenters. The third-order valence-corrected chi connectivity index (χ3v) is 12.3. The number of ether oxygens (including phenoxy) is 3. The van der Waals surface area contributed by atoms with E-state index in [1.54, 1.807) is 0 Å². The van der Waals surface area contributed by atoms with E-state index in [0.717, 1.165) is 45.3 Å². The molecular formula is C19H34O4Si. The van der Waals surface area contributed by atoms with E-state index >= 15 is 0 Å². The molecule has 4 aliphatic rings. The largest absolute Gasteiger partial charge is 0.413 e. The molecule has 2 aliphatic carbocycles. The van der Waals surface area contributed by atoms with Crippen molar-refractivity contribution in [3.05, 3.63) is 0 Å². The lowest BCUT2D eigenvalue weighted by Crippen LogP contribution is -2.61. The van der Waals surface area contributed by atoms with Gasteiger partial charge in [0.2, 0.25) is 0 Å². The Morgan fingerprint density at radius 1 is 1.04 bits per heavy atom. The van der Waals surface area contributed by atoms with Crippen LogP contribution in [0.15, 0.2) is 0 Å². The van der Waals surface area contributed by atoms with Crippen LogP contribution >= 0.6 is 0 Å². The first kappa shape index (κ1) is 17.5. The maximum atomic E-state index is 6.94. The second-order valence-electron chi connectivity index (χ2n) is 10.1. The number of hydrogen-bond donors (Lipinski definition) is 0. The Hall–Kier alpha value is 0.0569. The Morgan fingerprint density at radius 2 is 1.71 bits per heavy atom. The smallest absolute Gasteiger partial charge is 0.192 e. The molecule has 4 fully saturated rings. The lowest BCUT2D eigenvalue weighted by Gasteiger charge is -2.54. The van der Waals surface area contributed by atoms with Crippen molar-refractivity contribution in [2.45, 2.75) is 102 Å². The van der Waals surface area contributed by atoms with Crippen LogP contribution < -0.4 is 0 Å². The van der Waals surface area contributed by atoms with Gasteiger partial charge in [0, 0.05) is 18.3 Å². The molecule has 0 aromatic heterocycles. The molecule has 138 valence electrons. The molecule has 4 rings (SSSR count). The summed E-state index contributed by atoms with van der Waals surface area (Å²) >= 11 is 0. The van der Waals surface area contributed by atoms with Gasteiger partial charge in [-0.25, -0.2) is 0 Å². The number of hydrogen-bond acceptors (Lipinski definition) is 4. The molecule has 0 aromatic rings. The number of epoxide rings is 1. The summed E-state index contributed by atoms with van der Waals surface area (Å²) in [6.45, 7) is 15.6. The Morgan fingerprint density at radius 3 is 2.33 bits per heavy atom. The molecular weight excluding hydrogens is 320 g/mol. The molecule has 2 saturated heterocycles. The van der Waals surface area contributed by atoms with Crippen molar-refractivity contribution in [3.8, 4) is 0 Å². The molecule has 2 heterocycles. The lowest BCUT2D eigenvalue weighted by molar-refractivity contribution is -0.222. The Labute approximate surface area is 147 Å². The van der Waals surface area contributed by atoms with E-state index in [1.807, 2.05) is 0 Å². The molecule has 5 heteroatoms. The Kier molecular flexibility index (Phi) is 3.69. The summed E-state index contributed by atoms with van der Waals surface area (Å²) in [7, 11) is -1.79. The van der Waals surface area contributed by atoms with Gasteiger partial charge >= 0.3 is 0 Å². The minimum atomic E-state index is -1.79. The molecule has 0 unspecified atom stereocenters. The highest BCUT2D eigenvalue weighted by atomic mass is 28.4. The molecule has 24 heavy (non-hydrogen) atoms. The predicted octanol–water partition coefficient (Wildman–Crippen LogP) is 4.24. The van der Waals surface area contributed by atoms with Crippen LogP contribution in [0.3, 0.4) is 0 Å². The lowest BCUT2D eigenvalue weighted by atomic mass is 9.57. The van der Waals surface area contributed by atoms with E-state index in [1.165, 1.54) is 0 Å². The van der Waals surface area contributed by atoms with E-state index in [-0.39, 0.29) is 21.8 Å². The quantitative estimate of drug-likeness (QED) is 0.549. The van der Waals surface area contributed by atoms with E-state index in [2.05, 4.69) is 40.8 Å². The average molecular weight is 355 g/mol. The van der Waals surface area contributed by atoms with Gasteiger partial charge in [-0.3, -0.25) is 0 Å². The average Bonchev–Trinajstić information content (AvgIpc) is 2.99. The molecule has 0 N–H and O–H groups in total. The fraction of sp³-hybridized carbons (Fsp3) is 1.00. The van der Waals surface area contributed by atoms with Crippen molar-refractivity contribution in [1.29, 1.82) is 0 Å². The fourth-order valence-corrected chi connectivity index (χ4v) is 6.48. The molecule has 4 nitrogen and oxygen atoms in total. The van der Waals surface area contributed by atoms with Crippen LogP contribution in [0.5, 0.6) is 0 Å². The minimum absolute atomic E-state index is 0.0825. The van der Waals surface area contributed by atoms with Gasteiger partial charge in [0.15, 0.2) is 14.1 Å².